The highest BCUT2D eigenvalue weighted by atomic mass is 19.3. The van der Waals surface area contributed by atoms with Gasteiger partial charge in [0.25, 0.3) is 6.43 Å². The summed E-state index contributed by atoms with van der Waals surface area (Å²) >= 11 is 0. The molecule has 1 saturated heterocycles. The number of alkyl halides is 2. The number of carbonyl (C=O) groups is 1. The van der Waals surface area contributed by atoms with Crippen LogP contribution in [0.5, 0.6) is 0 Å². The standard InChI is InChI=1S/C11H12F2N6O/c1-2-17-6-18(5-9(17)20)8-4-3-7-14-15-11(10(12)13)19(7)16-8/h3-4,10H,2,5-6H2,1H3. The normalized spacial score (nSPS) is 15.9. The van der Waals surface area contributed by atoms with Gasteiger partial charge >= 0.3 is 0 Å². The molecule has 7 nitrogen and oxygen atoms in total. The van der Waals surface area contributed by atoms with Crippen LogP contribution in [0.4, 0.5) is 14.6 Å². The van der Waals surface area contributed by atoms with E-state index in [0.29, 0.717) is 19.0 Å². The van der Waals surface area contributed by atoms with Crippen molar-refractivity contribution in [2.75, 3.05) is 24.7 Å². The summed E-state index contributed by atoms with van der Waals surface area (Å²) in [5, 5.41) is 11.1. The molecule has 0 bridgehead atoms. The van der Waals surface area contributed by atoms with Gasteiger partial charge in [0.15, 0.2) is 11.5 Å². The second-order valence-corrected chi connectivity index (χ2v) is 4.41. The maximum atomic E-state index is 12.8. The van der Waals surface area contributed by atoms with Crippen molar-refractivity contribution < 1.29 is 13.6 Å². The molecule has 3 heterocycles. The van der Waals surface area contributed by atoms with E-state index in [1.807, 2.05) is 6.92 Å². The maximum absolute atomic E-state index is 12.8. The molecule has 0 aromatic carbocycles. The number of hydrogen-bond acceptors (Lipinski definition) is 5. The lowest BCUT2D eigenvalue weighted by Gasteiger charge is -2.17. The average molecular weight is 282 g/mol. The Morgan fingerprint density at radius 2 is 2.15 bits per heavy atom. The molecule has 1 fully saturated rings. The van der Waals surface area contributed by atoms with Crippen LogP contribution >= 0.6 is 0 Å². The molecule has 2 aromatic rings. The number of fused-ring (bicyclic) bond motifs is 1. The van der Waals surface area contributed by atoms with Crippen molar-refractivity contribution in [2.24, 2.45) is 0 Å². The molecule has 1 aliphatic rings. The number of nitrogens with zero attached hydrogens (tertiary/aromatic N) is 6. The first kappa shape index (κ1) is 12.7. The van der Waals surface area contributed by atoms with Crippen LogP contribution < -0.4 is 4.90 Å². The van der Waals surface area contributed by atoms with Crippen LogP contribution in [-0.2, 0) is 4.79 Å². The number of aromatic nitrogens is 4. The molecule has 0 N–H and O–H groups in total. The van der Waals surface area contributed by atoms with Crippen LogP contribution in [0.25, 0.3) is 5.65 Å². The predicted octanol–water partition coefficient (Wildman–Crippen LogP) is 0.688. The predicted molar refractivity (Wildman–Crippen MR) is 65.3 cm³/mol. The van der Waals surface area contributed by atoms with E-state index in [2.05, 4.69) is 15.3 Å². The first-order valence-corrected chi connectivity index (χ1v) is 6.13. The van der Waals surface area contributed by atoms with Crippen LogP contribution in [0, 0.1) is 0 Å². The number of amides is 1. The number of likely N-dealkylation sites (N-methyl/N-ethyl adjacent to an activating group) is 1. The zero-order valence-electron chi connectivity index (χ0n) is 10.7. The van der Waals surface area contributed by atoms with Crippen molar-refractivity contribution in [1.82, 2.24) is 24.7 Å². The van der Waals surface area contributed by atoms with E-state index in [-0.39, 0.29) is 18.1 Å². The summed E-state index contributed by atoms with van der Waals surface area (Å²) in [6.07, 6.45) is -2.75. The second kappa shape index (κ2) is 4.66. The molecule has 0 atom stereocenters. The molecule has 0 aliphatic carbocycles. The molecule has 9 heteroatoms. The molecule has 20 heavy (non-hydrogen) atoms. The molecule has 1 aliphatic heterocycles. The van der Waals surface area contributed by atoms with Gasteiger partial charge in [-0.15, -0.1) is 15.3 Å². The third kappa shape index (κ3) is 1.95. The van der Waals surface area contributed by atoms with Crippen LogP contribution in [0.2, 0.25) is 0 Å². The van der Waals surface area contributed by atoms with Crippen molar-refractivity contribution >= 4 is 17.4 Å². The molecular formula is C11H12F2N6O. The minimum atomic E-state index is -2.75. The Morgan fingerprint density at radius 1 is 1.35 bits per heavy atom. The lowest BCUT2D eigenvalue weighted by molar-refractivity contribution is -0.126. The quantitative estimate of drug-likeness (QED) is 0.828. The fourth-order valence-electron chi connectivity index (χ4n) is 2.13. The Hall–Kier alpha value is -2.32. The summed E-state index contributed by atoms with van der Waals surface area (Å²) in [5.41, 5.74) is 0.252. The van der Waals surface area contributed by atoms with E-state index < -0.39 is 12.2 Å². The lowest BCUT2D eigenvalue weighted by Crippen LogP contribution is -2.27. The summed E-state index contributed by atoms with van der Waals surface area (Å²) < 4.78 is 26.6. The first-order chi connectivity index (χ1) is 9.60. The molecule has 0 saturated carbocycles. The number of halogens is 2. The first-order valence-electron chi connectivity index (χ1n) is 6.13. The smallest absolute Gasteiger partial charge is 0.299 e. The average Bonchev–Trinajstić information content (AvgIpc) is 3.00. The fraction of sp³-hybridized carbons (Fsp3) is 0.455. The SMILES string of the molecule is CCN1CN(c2ccc3nnc(C(F)F)n3n2)CC1=O. The van der Waals surface area contributed by atoms with Crippen molar-refractivity contribution in [3.05, 3.63) is 18.0 Å². The van der Waals surface area contributed by atoms with Crippen molar-refractivity contribution in [2.45, 2.75) is 13.3 Å². The van der Waals surface area contributed by atoms with Crippen LogP contribution in [0.15, 0.2) is 12.1 Å². The second-order valence-electron chi connectivity index (χ2n) is 4.41. The Morgan fingerprint density at radius 3 is 2.80 bits per heavy atom. The van der Waals surface area contributed by atoms with Gasteiger partial charge in [0.05, 0.1) is 6.67 Å². The van der Waals surface area contributed by atoms with E-state index in [4.69, 9.17) is 0 Å². The third-order valence-corrected chi connectivity index (χ3v) is 3.19. The van der Waals surface area contributed by atoms with Crippen molar-refractivity contribution in [3.63, 3.8) is 0 Å². The minimum absolute atomic E-state index is 0.00719. The topological polar surface area (TPSA) is 66.6 Å². The van der Waals surface area contributed by atoms with Crippen molar-refractivity contribution in [1.29, 1.82) is 0 Å². The van der Waals surface area contributed by atoms with Gasteiger partial charge in [-0.05, 0) is 19.1 Å². The van der Waals surface area contributed by atoms with Crippen LogP contribution in [0.3, 0.4) is 0 Å². The number of anilines is 1. The molecular weight excluding hydrogens is 270 g/mol. The monoisotopic (exact) mass is 282 g/mol. The number of rotatable bonds is 3. The molecule has 0 radical (unpaired) electrons. The molecule has 3 rings (SSSR count). The van der Waals surface area contributed by atoms with Gasteiger partial charge in [0.2, 0.25) is 11.7 Å². The van der Waals surface area contributed by atoms with Gasteiger partial charge in [-0.3, -0.25) is 4.79 Å². The van der Waals surface area contributed by atoms with E-state index >= 15 is 0 Å². The summed E-state index contributed by atoms with van der Waals surface area (Å²) in [4.78, 5) is 15.1. The number of hydrogen-bond donors (Lipinski definition) is 0. The Labute approximate surface area is 112 Å². The third-order valence-electron chi connectivity index (χ3n) is 3.19. The Balaban J connectivity index is 1.97. The summed E-state index contributed by atoms with van der Waals surface area (Å²) in [6, 6.07) is 3.20. The van der Waals surface area contributed by atoms with Crippen molar-refractivity contribution in [3.8, 4) is 0 Å². The van der Waals surface area contributed by atoms with E-state index in [9.17, 15) is 13.6 Å². The highest BCUT2D eigenvalue weighted by molar-refractivity contribution is 5.84. The maximum Gasteiger partial charge on any atom is 0.299 e. The largest absolute Gasteiger partial charge is 0.328 e. The van der Waals surface area contributed by atoms with E-state index in [1.165, 1.54) is 0 Å². The van der Waals surface area contributed by atoms with Gasteiger partial charge in [-0.1, -0.05) is 0 Å². The minimum Gasteiger partial charge on any atom is -0.328 e. The number of carbonyl (C=O) groups excluding carboxylic acids is 1. The lowest BCUT2D eigenvalue weighted by atomic mass is 10.4. The van der Waals surface area contributed by atoms with Crippen LogP contribution in [-0.4, -0.2) is 50.4 Å². The summed E-state index contributed by atoms with van der Waals surface area (Å²) in [5.74, 6) is -0.0598. The molecule has 0 unspecified atom stereocenters. The molecule has 106 valence electrons. The zero-order chi connectivity index (χ0) is 14.3. The van der Waals surface area contributed by atoms with E-state index in [1.54, 1.807) is 21.9 Å². The van der Waals surface area contributed by atoms with Gasteiger partial charge in [0.1, 0.15) is 6.54 Å². The highest BCUT2D eigenvalue weighted by Gasteiger charge is 2.27. The highest BCUT2D eigenvalue weighted by Crippen LogP contribution is 2.20. The molecule has 2 aromatic heterocycles. The summed E-state index contributed by atoms with van der Waals surface area (Å²) in [7, 11) is 0. The summed E-state index contributed by atoms with van der Waals surface area (Å²) in [6.45, 7) is 3.08. The Bertz CT molecular complexity index is 657. The van der Waals surface area contributed by atoms with Crippen LogP contribution in [0.1, 0.15) is 19.2 Å². The van der Waals surface area contributed by atoms with Gasteiger partial charge < -0.3 is 9.80 Å². The van der Waals surface area contributed by atoms with Gasteiger partial charge in [-0.2, -0.15) is 4.52 Å². The van der Waals surface area contributed by atoms with E-state index in [0.717, 1.165) is 4.52 Å². The Kier molecular flexibility index (Phi) is 2.96. The molecule has 0 spiro atoms. The zero-order valence-corrected chi connectivity index (χ0v) is 10.7. The fourth-order valence-corrected chi connectivity index (χ4v) is 2.13. The molecule has 1 amide bonds. The van der Waals surface area contributed by atoms with Gasteiger partial charge in [0, 0.05) is 6.54 Å². The van der Waals surface area contributed by atoms with Gasteiger partial charge in [-0.25, -0.2) is 8.78 Å².